The molecular formula is C24H30N2O3. The van der Waals surface area contributed by atoms with Gasteiger partial charge in [-0.05, 0) is 47.4 Å². The summed E-state index contributed by atoms with van der Waals surface area (Å²) >= 11 is 0. The molecule has 5 heteroatoms. The Labute approximate surface area is 173 Å². The molecule has 0 spiro atoms. The normalized spacial score (nSPS) is 14.4. The van der Waals surface area contributed by atoms with Crippen LogP contribution in [0.2, 0.25) is 0 Å². The Balaban J connectivity index is 1.38. The predicted octanol–water partition coefficient (Wildman–Crippen LogP) is 3.86. The quantitative estimate of drug-likeness (QED) is 0.546. The van der Waals surface area contributed by atoms with Gasteiger partial charge in [-0.25, -0.2) is 0 Å². The molecule has 0 unspecified atom stereocenters. The molecule has 0 bridgehead atoms. The molecule has 5 nitrogen and oxygen atoms in total. The van der Waals surface area contributed by atoms with Crippen molar-refractivity contribution in [3.8, 4) is 5.75 Å². The van der Waals surface area contributed by atoms with E-state index in [1.807, 2.05) is 30.3 Å². The summed E-state index contributed by atoms with van der Waals surface area (Å²) in [6, 6.07) is 16.3. The van der Waals surface area contributed by atoms with Gasteiger partial charge in [0.05, 0.1) is 19.8 Å². The topological polar surface area (TPSA) is 50.8 Å². The van der Waals surface area contributed by atoms with Crippen LogP contribution in [0.5, 0.6) is 5.75 Å². The van der Waals surface area contributed by atoms with Crippen LogP contribution in [0.1, 0.15) is 30.9 Å². The SMILES string of the molecule is CC(C)c1ccc(OCCNC(=O)C=Cc2ccc(N3CCOCC3)cc2)cc1. The number of ether oxygens (including phenoxy) is 2. The first kappa shape index (κ1) is 20.9. The van der Waals surface area contributed by atoms with Crippen LogP contribution in [-0.2, 0) is 9.53 Å². The van der Waals surface area contributed by atoms with E-state index in [1.54, 1.807) is 6.08 Å². The molecule has 1 fully saturated rings. The molecule has 0 saturated carbocycles. The van der Waals surface area contributed by atoms with Gasteiger partial charge in [-0.1, -0.05) is 38.1 Å². The van der Waals surface area contributed by atoms with Crippen LogP contribution in [-0.4, -0.2) is 45.4 Å². The first-order valence-electron chi connectivity index (χ1n) is 10.2. The smallest absolute Gasteiger partial charge is 0.244 e. The maximum atomic E-state index is 12.0. The van der Waals surface area contributed by atoms with Crippen molar-refractivity contribution in [2.24, 2.45) is 0 Å². The minimum absolute atomic E-state index is 0.124. The maximum absolute atomic E-state index is 12.0. The minimum atomic E-state index is -0.124. The summed E-state index contributed by atoms with van der Waals surface area (Å²) in [6.07, 6.45) is 3.38. The highest BCUT2D eigenvalue weighted by molar-refractivity contribution is 5.91. The zero-order valence-corrected chi connectivity index (χ0v) is 17.3. The number of nitrogens with one attached hydrogen (secondary N) is 1. The first-order chi connectivity index (χ1) is 14.1. The van der Waals surface area contributed by atoms with Crippen molar-refractivity contribution < 1.29 is 14.3 Å². The second-order valence-electron chi connectivity index (χ2n) is 7.39. The van der Waals surface area contributed by atoms with Gasteiger partial charge >= 0.3 is 0 Å². The van der Waals surface area contributed by atoms with E-state index < -0.39 is 0 Å². The van der Waals surface area contributed by atoms with Gasteiger partial charge in [0.15, 0.2) is 0 Å². The van der Waals surface area contributed by atoms with Crippen molar-refractivity contribution in [1.82, 2.24) is 5.32 Å². The van der Waals surface area contributed by atoms with E-state index in [2.05, 4.69) is 48.3 Å². The minimum Gasteiger partial charge on any atom is -0.492 e. The first-order valence-corrected chi connectivity index (χ1v) is 10.2. The zero-order chi connectivity index (χ0) is 20.5. The second-order valence-corrected chi connectivity index (χ2v) is 7.39. The van der Waals surface area contributed by atoms with Crippen LogP contribution in [0.15, 0.2) is 54.6 Å². The number of carbonyl (C=O) groups excluding carboxylic acids is 1. The Hall–Kier alpha value is -2.79. The summed E-state index contributed by atoms with van der Waals surface area (Å²) in [4.78, 5) is 14.3. The van der Waals surface area contributed by atoms with Crippen molar-refractivity contribution in [3.63, 3.8) is 0 Å². The molecule has 1 N–H and O–H groups in total. The molecule has 154 valence electrons. The standard InChI is InChI=1S/C24H30N2O3/c1-19(2)21-6-10-23(11-7-21)29-16-13-25-24(27)12-5-20-3-8-22(9-4-20)26-14-17-28-18-15-26/h3-12,19H,13-18H2,1-2H3,(H,25,27). The van der Waals surface area contributed by atoms with Crippen molar-refractivity contribution in [1.29, 1.82) is 0 Å². The number of amides is 1. The largest absolute Gasteiger partial charge is 0.492 e. The monoisotopic (exact) mass is 394 g/mol. The average molecular weight is 395 g/mol. The second kappa shape index (κ2) is 10.7. The van der Waals surface area contributed by atoms with Gasteiger partial charge in [0.2, 0.25) is 5.91 Å². The maximum Gasteiger partial charge on any atom is 0.244 e. The lowest BCUT2D eigenvalue weighted by Gasteiger charge is -2.28. The van der Waals surface area contributed by atoms with Crippen molar-refractivity contribution in [3.05, 3.63) is 65.7 Å². The van der Waals surface area contributed by atoms with Gasteiger partial charge in [0.25, 0.3) is 0 Å². The third-order valence-corrected chi connectivity index (χ3v) is 4.91. The third kappa shape index (κ3) is 6.64. The predicted molar refractivity (Wildman–Crippen MR) is 118 cm³/mol. The molecule has 0 atom stereocenters. The summed E-state index contributed by atoms with van der Waals surface area (Å²) in [5.74, 6) is 1.20. The summed E-state index contributed by atoms with van der Waals surface area (Å²) in [7, 11) is 0. The fourth-order valence-electron chi connectivity index (χ4n) is 3.14. The van der Waals surface area contributed by atoms with E-state index in [9.17, 15) is 4.79 Å². The molecule has 2 aromatic carbocycles. The lowest BCUT2D eigenvalue weighted by Crippen LogP contribution is -2.36. The van der Waals surface area contributed by atoms with E-state index in [4.69, 9.17) is 9.47 Å². The number of anilines is 1. The van der Waals surface area contributed by atoms with E-state index in [0.717, 1.165) is 37.6 Å². The summed E-state index contributed by atoms with van der Waals surface area (Å²) in [6.45, 7) is 8.61. The number of morpholine rings is 1. The molecular weight excluding hydrogens is 364 g/mol. The molecule has 1 aliphatic rings. The Kier molecular flexibility index (Phi) is 7.70. The summed E-state index contributed by atoms with van der Waals surface area (Å²) < 4.78 is 11.1. The average Bonchev–Trinajstić information content (AvgIpc) is 2.76. The fraction of sp³-hybridized carbons (Fsp3) is 0.375. The number of rotatable bonds is 8. The number of hydrogen-bond donors (Lipinski definition) is 1. The Bertz CT molecular complexity index is 792. The van der Waals surface area contributed by atoms with E-state index in [-0.39, 0.29) is 5.91 Å². The molecule has 29 heavy (non-hydrogen) atoms. The van der Waals surface area contributed by atoms with E-state index >= 15 is 0 Å². The molecule has 1 saturated heterocycles. The number of carbonyl (C=O) groups is 1. The molecule has 1 heterocycles. The van der Waals surface area contributed by atoms with Crippen LogP contribution in [0.25, 0.3) is 6.08 Å². The zero-order valence-electron chi connectivity index (χ0n) is 17.3. The van der Waals surface area contributed by atoms with Gasteiger partial charge in [0, 0.05) is 24.9 Å². The lowest BCUT2D eigenvalue weighted by atomic mass is 10.0. The molecule has 2 aromatic rings. The van der Waals surface area contributed by atoms with Gasteiger partial charge in [-0.2, -0.15) is 0 Å². The van der Waals surface area contributed by atoms with Gasteiger partial charge in [0.1, 0.15) is 12.4 Å². The third-order valence-electron chi connectivity index (χ3n) is 4.91. The number of hydrogen-bond acceptors (Lipinski definition) is 4. The summed E-state index contributed by atoms with van der Waals surface area (Å²) in [5, 5.41) is 2.84. The number of benzene rings is 2. The Morgan fingerprint density at radius 1 is 1.10 bits per heavy atom. The number of nitrogens with zero attached hydrogens (tertiary/aromatic N) is 1. The lowest BCUT2D eigenvalue weighted by molar-refractivity contribution is -0.116. The molecule has 0 radical (unpaired) electrons. The Morgan fingerprint density at radius 3 is 2.45 bits per heavy atom. The van der Waals surface area contributed by atoms with Crippen molar-refractivity contribution in [2.75, 3.05) is 44.4 Å². The van der Waals surface area contributed by atoms with Gasteiger partial charge < -0.3 is 19.7 Å². The fourth-order valence-corrected chi connectivity index (χ4v) is 3.14. The van der Waals surface area contributed by atoms with Crippen LogP contribution in [0.3, 0.4) is 0 Å². The van der Waals surface area contributed by atoms with Crippen molar-refractivity contribution >= 4 is 17.7 Å². The molecule has 0 aromatic heterocycles. The summed E-state index contributed by atoms with van der Waals surface area (Å²) in [5.41, 5.74) is 3.47. The molecule has 3 rings (SSSR count). The molecule has 0 aliphatic carbocycles. The molecule has 1 amide bonds. The van der Waals surface area contributed by atoms with E-state index in [0.29, 0.717) is 19.1 Å². The highest BCUT2D eigenvalue weighted by Crippen LogP contribution is 2.19. The van der Waals surface area contributed by atoms with Crippen LogP contribution >= 0.6 is 0 Å². The van der Waals surface area contributed by atoms with Gasteiger partial charge in [-0.15, -0.1) is 0 Å². The Morgan fingerprint density at radius 2 is 1.79 bits per heavy atom. The van der Waals surface area contributed by atoms with Crippen molar-refractivity contribution in [2.45, 2.75) is 19.8 Å². The highest BCUT2D eigenvalue weighted by Gasteiger charge is 2.10. The molecule has 1 aliphatic heterocycles. The van der Waals surface area contributed by atoms with E-state index in [1.165, 1.54) is 11.3 Å². The van der Waals surface area contributed by atoms with Crippen LogP contribution < -0.4 is 15.0 Å². The highest BCUT2D eigenvalue weighted by atomic mass is 16.5. The van der Waals surface area contributed by atoms with Gasteiger partial charge in [-0.3, -0.25) is 4.79 Å². The van der Waals surface area contributed by atoms with Crippen LogP contribution in [0, 0.1) is 0 Å². The van der Waals surface area contributed by atoms with Crippen LogP contribution in [0.4, 0.5) is 5.69 Å².